The number of nitrogens with one attached hydrogen (secondary N) is 1. The fraction of sp³-hybridized carbons (Fsp3) is 0.167. The smallest absolute Gasteiger partial charge is 0.348 e. The van der Waals surface area contributed by atoms with Crippen LogP contribution in [0, 0.1) is 0 Å². The molecular weight excluding hydrogens is 238 g/mol. The first kappa shape index (κ1) is 13.2. The lowest BCUT2D eigenvalue weighted by atomic mass is 10.4. The molecule has 0 bridgehead atoms. The molecule has 1 rings (SSSR count). The molecule has 0 saturated carbocycles. The van der Waals surface area contributed by atoms with E-state index >= 15 is 0 Å². The maximum absolute atomic E-state index is 11.4. The van der Waals surface area contributed by atoms with Gasteiger partial charge in [0.1, 0.15) is 4.88 Å². The van der Waals surface area contributed by atoms with E-state index in [4.69, 9.17) is 0 Å². The second-order valence-electron chi connectivity index (χ2n) is 3.03. The maximum Gasteiger partial charge on any atom is 0.348 e. The molecule has 0 atom stereocenters. The summed E-state index contributed by atoms with van der Waals surface area (Å²) in [6.07, 6.45) is 6.64. The van der Waals surface area contributed by atoms with Crippen molar-refractivity contribution >= 4 is 28.2 Å². The highest BCUT2D eigenvalue weighted by atomic mass is 32.1. The van der Waals surface area contributed by atoms with E-state index in [1.807, 2.05) is 13.0 Å². The fourth-order valence-corrected chi connectivity index (χ4v) is 1.86. The molecule has 1 aromatic heterocycles. The molecule has 1 N–H and O–H groups in total. The highest BCUT2D eigenvalue weighted by Crippen LogP contribution is 2.22. The Kier molecular flexibility index (Phi) is 5.16. The number of esters is 1. The summed E-state index contributed by atoms with van der Waals surface area (Å²) in [5, 5.41) is 3.26. The molecule has 0 saturated heterocycles. The highest BCUT2D eigenvalue weighted by Gasteiger charge is 2.09. The van der Waals surface area contributed by atoms with Crippen LogP contribution in [0.4, 0.5) is 5.00 Å². The number of methoxy groups -OCH3 is 1. The molecule has 5 heteroatoms. The molecule has 1 aromatic rings. The zero-order valence-corrected chi connectivity index (χ0v) is 10.4. The number of hydrogen-bond donors (Lipinski definition) is 1. The summed E-state index contributed by atoms with van der Waals surface area (Å²) < 4.78 is 4.57. The Hall–Kier alpha value is -1.88. The average molecular weight is 251 g/mol. The van der Waals surface area contributed by atoms with Crippen molar-refractivity contribution in [1.82, 2.24) is 0 Å². The van der Waals surface area contributed by atoms with Gasteiger partial charge in [-0.25, -0.2) is 4.79 Å². The predicted molar refractivity (Wildman–Crippen MR) is 68.2 cm³/mol. The summed E-state index contributed by atoms with van der Waals surface area (Å²) in [6, 6.07) is 3.28. The summed E-state index contributed by atoms with van der Waals surface area (Å²) in [5.74, 6) is -0.638. The van der Waals surface area contributed by atoms with Crippen molar-refractivity contribution in [3.05, 3.63) is 41.3 Å². The number of hydrogen-bond acceptors (Lipinski definition) is 4. The van der Waals surface area contributed by atoms with E-state index in [-0.39, 0.29) is 5.91 Å². The lowest BCUT2D eigenvalue weighted by Crippen LogP contribution is -2.05. The van der Waals surface area contributed by atoms with Crippen LogP contribution < -0.4 is 5.32 Å². The Labute approximate surface area is 104 Å². The molecule has 0 aliphatic heterocycles. The Morgan fingerprint density at radius 1 is 1.35 bits per heavy atom. The number of carbonyl (C=O) groups excluding carboxylic acids is 2. The van der Waals surface area contributed by atoms with E-state index in [2.05, 4.69) is 10.1 Å². The third-order valence-electron chi connectivity index (χ3n) is 1.79. The van der Waals surface area contributed by atoms with Crippen molar-refractivity contribution in [1.29, 1.82) is 0 Å². The van der Waals surface area contributed by atoms with Crippen LogP contribution in [0.3, 0.4) is 0 Å². The summed E-state index contributed by atoms with van der Waals surface area (Å²) >= 11 is 1.17. The Bertz CT molecular complexity index is 460. The van der Waals surface area contributed by atoms with E-state index in [1.54, 1.807) is 24.3 Å². The molecule has 1 amide bonds. The molecule has 4 nitrogen and oxygen atoms in total. The number of thiophene rings is 1. The van der Waals surface area contributed by atoms with Crippen molar-refractivity contribution in [2.75, 3.05) is 12.4 Å². The molecule has 0 spiro atoms. The van der Waals surface area contributed by atoms with Gasteiger partial charge in [-0.05, 0) is 19.1 Å². The largest absolute Gasteiger partial charge is 0.465 e. The van der Waals surface area contributed by atoms with Gasteiger partial charge in [0, 0.05) is 6.08 Å². The minimum absolute atomic E-state index is 0.235. The van der Waals surface area contributed by atoms with Gasteiger partial charge in [0.05, 0.1) is 12.1 Å². The number of rotatable bonds is 4. The molecule has 0 fully saturated rings. The monoisotopic (exact) mass is 251 g/mol. The molecule has 0 aromatic carbocycles. The van der Waals surface area contributed by atoms with Gasteiger partial charge in [0.2, 0.25) is 5.91 Å². The summed E-state index contributed by atoms with van der Waals surface area (Å²) in [7, 11) is 1.32. The standard InChI is InChI=1S/C12H13NO3S/c1-3-4-5-6-10(14)13-11-8-7-9(17-11)12(15)16-2/h3-8H,1-2H3,(H,13,14)/b4-3+,6-5+. The van der Waals surface area contributed by atoms with Gasteiger partial charge in [0.25, 0.3) is 0 Å². The normalized spacial score (nSPS) is 10.9. The van der Waals surface area contributed by atoms with Gasteiger partial charge in [-0.2, -0.15) is 0 Å². The summed E-state index contributed by atoms with van der Waals surface area (Å²) in [6.45, 7) is 1.87. The third kappa shape index (κ3) is 4.24. The zero-order chi connectivity index (χ0) is 12.7. The molecule has 0 aliphatic rings. The minimum Gasteiger partial charge on any atom is -0.465 e. The topological polar surface area (TPSA) is 55.4 Å². The predicted octanol–water partition coefficient (Wildman–Crippen LogP) is 2.61. The van der Waals surface area contributed by atoms with Crippen LogP contribution in [0.2, 0.25) is 0 Å². The maximum atomic E-state index is 11.4. The van der Waals surface area contributed by atoms with Crippen molar-refractivity contribution in [2.24, 2.45) is 0 Å². The molecule has 0 unspecified atom stereocenters. The van der Waals surface area contributed by atoms with Gasteiger partial charge in [-0.1, -0.05) is 18.2 Å². The number of anilines is 1. The lowest BCUT2D eigenvalue weighted by molar-refractivity contribution is -0.111. The van der Waals surface area contributed by atoms with Crippen LogP contribution in [0.25, 0.3) is 0 Å². The second-order valence-corrected chi connectivity index (χ2v) is 4.11. The summed E-state index contributed by atoms with van der Waals surface area (Å²) in [4.78, 5) is 23.0. The quantitative estimate of drug-likeness (QED) is 0.508. The van der Waals surface area contributed by atoms with Gasteiger partial charge in [0.15, 0.2) is 0 Å². The van der Waals surface area contributed by atoms with Gasteiger partial charge >= 0.3 is 5.97 Å². The summed E-state index contributed by atoms with van der Waals surface area (Å²) in [5.41, 5.74) is 0. The SMILES string of the molecule is C/C=C/C=C/C(=O)Nc1ccc(C(=O)OC)s1. The van der Waals surface area contributed by atoms with Crippen molar-refractivity contribution < 1.29 is 14.3 Å². The second kappa shape index (κ2) is 6.65. The molecule has 0 radical (unpaired) electrons. The van der Waals surface area contributed by atoms with Crippen molar-refractivity contribution in [2.45, 2.75) is 6.92 Å². The van der Waals surface area contributed by atoms with Crippen LogP contribution >= 0.6 is 11.3 Å². The molecule has 1 heterocycles. The highest BCUT2D eigenvalue weighted by molar-refractivity contribution is 7.18. The van der Waals surface area contributed by atoms with Crippen LogP contribution in [-0.2, 0) is 9.53 Å². The third-order valence-corrected chi connectivity index (χ3v) is 2.77. The van der Waals surface area contributed by atoms with E-state index in [9.17, 15) is 9.59 Å². The van der Waals surface area contributed by atoms with Crippen LogP contribution in [0.5, 0.6) is 0 Å². The van der Waals surface area contributed by atoms with E-state index in [0.29, 0.717) is 9.88 Å². The van der Waals surface area contributed by atoms with Crippen molar-refractivity contribution in [3.8, 4) is 0 Å². The van der Waals surface area contributed by atoms with Crippen molar-refractivity contribution in [3.63, 3.8) is 0 Å². The lowest BCUT2D eigenvalue weighted by Gasteiger charge is -1.96. The first-order valence-electron chi connectivity index (χ1n) is 4.96. The van der Waals surface area contributed by atoms with E-state index in [1.165, 1.54) is 24.5 Å². The molecule has 17 heavy (non-hydrogen) atoms. The molecule has 0 aliphatic carbocycles. The number of ether oxygens (including phenoxy) is 1. The van der Waals surface area contributed by atoms with E-state index in [0.717, 1.165) is 0 Å². The first-order valence-corrected chi connectivity index (χ1v) is 5.77. The number of carbonyl (C=O) groups is 2. The zero-order valence-electron chi connectivity index (χ0n) is 9.60. The Morgan fingerprint density at radius 3 is 2.76 bits per heavy atom. The van der Waals surface area contributed by atoms with Crippen LogP contribution in [0.1, 0.15) is 16.6 Å². The molecular formula is C12H13NO3S. The van der Waals surface area contributed by atoms with Gasteiger partial charge in [-0.15, -0.1) is 11.3 Å². The minimum atomic E-state index is -0.403. The van der Waals surface area contributed by atoms with E-state index < -0.39 is 5.97 Å². The first-order chi connectivity index (χ1) is 8.17. The average Bonchev–Trinajstić information content (AvgIpc) is 2.77. The number of amides is 1. The fourth-order valence-electron chi connectivity index (χ4n) is 1.03. The number of allylic oxidation sites excluding steroid dienone is 3. The Morgan fingerprint density at radius 2 is 2.12 bits per heavy atom. The van der Waals surface area contributed by atoms with Gasteiger partial charge in [-0.3, -0.25) is 4.79 Å². The van der Waals surface area contributed by atoms with Crippen LogP contribution in [0.15, 0.2) is 36.4 Å². The Balaban J connectivity index is 2.60. The van der Waals surface area contributed by atoms with Crippen LogP contribution in [-0.4, -0.2) is 19.0 Å². The van der Waals surface area contributed by atoms with Gasteiger partial charge < -0.3 is 10.1 Å². The molecule has 90 valence electrons.